The topological polar surface area (TPSA) is 131 Å². The highest BCUT2D eigenvalue weighted by atomic mass is 35.5. The van der Waals surface area contributed by atoms with Crippen LogP contribution in [-0.4, -0.2) is 59.7 Å². The average molecular weight is 520 g/mol. The number of nitriles is 1. The highest BCUT2D eigenvalue weighted by Crippen LogP contribution is 2.65. The van der Waals surface area contributed by atoms with Gasteiger partial charge in [0, 0.05) is 19.0 Å². The van der Waals surface area contributed by atoms with Crippen LogP contribution in [0.25, 0.3) is 0 Å². The zero-order valence-corrected chi connectivity index (χ0v) is 23.0. The van der Waals surface area contributed by atoms with Gasteiger partial charge in [-0.15, -0.1) is 0 Å². The third kappa shape index (κ3) is 5.39. The van der Waals surface area contributed by atoms with Crippen LogP contribution in [0.5, 0.6) is 0 Å². The number of carbonyl (C=O) groups excluding carboxylic acids is 4. The Hall–Kier alpha value is -2.60. The van der Waals surface area contributed by atoms with E-state index in [9.17, 15) is 24.4 Å². The molecule has 2 heterocycles. The highest BCUT2D eigenvalue weighted by molar-refractivity contribution is 6.42. The Morgan fingerprint density at radius 3 is 2.39 bits per heavy atom. The van der Waals surface area contributed by atoms with E-state index in [1.807, 2.05) is 20.8 Å². The predicted molar refractivity (Wildman–Crippen MR) is 135 cm³/mol. The van der Waals surface area contributed by atoms with E-state index >= 15 is 0 Å². The molecular weight excluding hydrogens is 482 g/mol. The molecule has 0 aromatic rings. The zero-order chi connectivity index (χ0) is 27.2. The second-order valence-electron chi connectivity index (χ2n) is 12.2. The lowest BCUT2D eigenvalue weighted by atomic mass is 9.85. The molecule has 0 aromatic carbocycles. The molecule has 2 aliphatic heterocycles. The second kappa shape index (κ2) is 10.0. The molecule has 2 saturated heterocycles. The van der Waals surface area contributed by atoms with Crippen molar-refractivity contribution in [3.8, 4) is 6.07 Å². The molecule has 9 nitrogen and oxygen atoms in total. The molecule has 0 aromatic heterocycles. The lowest BCUT2D eigenvalue weighted by Gasteiger charge is -2.37. The van der Waals surface area contributed by atoms with Crippen LogP contribution in [-0.2, 0) is 19.2 Å². The number of nitrogens with zero attached hydrogens (tertiary/aromatic N) is 2. The van der Waals surface area contributed by atoms with Crippen LogP contribution < -0.4 is 16.0 Å². The van der Waals surface area contributed by atoms with Crippen molar-refractivity contribution in [1.82, 2.24) is 20.9 Å². The maximum atomic E-state index is 13.8. The lowest BCUT2D eigenvalue weighted by Crippen LogP contribution is -2.59. The molecule has 36 heavy (non-hydrogen) atoms. The van der Waals surface area contributed by atoms with Crippen LogP contribution in [0, 0.1) is 39.9 Å². The van der Waals surface area contributed by atoms with Gasteiger partial charge in [-0.2, -0.15) is 5.26 Å². The molecule has 3 aliphatic rings. The van der Waals surface area contributed by atoms with Crippen molar-refractivity contribution in [2.45, 2.75) is 79.4 Å². The van der Waals surface area contributed by atoms with Gasteiger partial charge in [-0.3, -0.25) is 19.2 Å². The van der Waals surface area contributed by atoms with Crippen molar-refractivity contribution in [1.29, 1.82) is 5.26 Å². The Balaban J connectivity index is 1.82. The number of piperidine rings is 1. The Morgan fingerprint density at radius 1 is 1.25 bits per heavy atom. The molecule has 4 amide bonds. The van der Waals surface area contributed by atoms with Crippen molar-refractivity contribution in [3.05, 3.63) is 10.6 Å². The van der Waals surface area contributed by atoms with E-state index in [-0.39, 0.29) is 46.4 Å². The van der Waals surface area contributed by atoms with E-state index < -0.39 is 35.4 Å². The number of fused-ring (bicyclic) bond motifs is 1. The molecule has 6 atom stereocenters. The highest BCUT2D eigenvalue weighted by Gasteiger charge is 2.69. The second-order valence-corrected chi connectivity index (χ2v) is 12.6. The number of hydrogen-bond acceptors (Lipinski definition) is 5. The summed E-state index contributed by atoms with van der Waals surface area (Å²) in [6, 6.07) is -0.391. The van der Waals surface area contributed by atoms with E-state index in [4.69, 9.17) is 11.6 Å². The van der Waals surface area contributed by atoms with E-state index in [0.717, 1.165) is 0 Å². The van der Waals surface area contributed by atoms with Gasteiger partial charge in [0.15, 0.2) is 0 Å². The van der Waals surface area contributed by atoms with Gasteiger partial charge in [-0.05, 0) is 49.4 Å². The number of likely N-dealkylation sites (tertiary alicyclic amines) is 1. The third-order valence-electron chi connectivity index (χ3n) is 7.94. The maximum absolute atomic E-state index is 13.8. The van der Waals surface area contributed by atoms with Gasteiger partial charge in [-0.25, -0.2) is 0 Å². The summed E-state index contributed by atoms with van der Waals surface area (Å²) in [5.74, 6) is -1.60. The normalized spacial score (nSPS) is 27.8. The predicted octanol–water partition coefficient (Wildman–Crippen LogP) is 2.07. The number of nitrogens with one attached hydrogen (secondary N) is 3. The number of rotatable bonds is 7. The Labute approximate surface area is 218 Å². The Bertz CT molecular complexity index is 1020. The van der Waals surface area contributed by atoms with Crippen molar-refractivity contribution in [2.75, 3.05) is 13.1 Å². The molecule has 1 aliphatic carbocycles. The van der Waals surface area contributed by atoms with Crippen molar-refractivity contribution in [3.63, 3.8) is 0 Å². The fourth-order valence-electron chi connectivity index (χ4n) is 5.60. The van der Waals surface area contributed by atoms with Gasteiger partial charge in [0.1, 0.15) is 23.2 Å². The van der Waals surface area contributed by atoms with Crippen LogP contribution in [0.1, 0.15) is 61.3 Å². The summed E-state index contributed by atoms with van der Waals surface area (Å²) < 4.78 is 0. The minimum atomic E-state index is -0.900. The molecule has 3 fully saturated rings. The average Bonchev–Trinajstić information content (AvgIpc) is 3.14. The molecule has 0 bridgehead atoms. The van der Waals surface area contributed by atoms with E-state index in [1.54, 1.807) is 18.7 Å². The monoisotopic (exact) mass is 519 g/mol. The summed E-state index contributed by atoms with van der Waals surface area (Å²) in [6.45, 7) is 14.1. The van der Waals surface area contributed by atoms with Gasteiger partial charge in [0.25, 0.3) is 5.91 Å². The van der Waals surface area contributed by atoms with Crippen LogP contribution in [0.3, 0.4) is 0 Å². The summed E-state index contributed by atoms with van der Waals surface area (Å²) >= 11 is 6.14. The fourth-order valence-corrected chi connectivity index (χ4v) is 5.66. The largest absolute Gasteiger partial charge is 0.356 e. The van der Waals surface area contributed by atoms with Gasteiger partial charge in [-0.1, -0.05) is 51.8 Å². The molecule has 0 unspecified atom stereocenters. The number of carbonyl (C=O) groups is 4. The summed E-state index contributed by atoms with van der Waals surface area (Å²) in [4.78, 5) is 53.6. The van der Waals surface area contributed by atoms with E-state index in [1.165, 1.54) is 0 Å². The summed E-state index contributed by atoms with van der Waals surface area (Å²) in [6.07, 6.45) is 0.855. The fraction of sp³-hybridized carbons (Fsp3) is 0.731. The van der Waals surface area contributed by atoms with Gasteiger partial charge in [0.2, 0.25) is 17.7 Å². The van der Waals surface area contributed by atoms with Crippen molar-refractivity contribution < 1.29 is 19.2 Å². The van der Waals surface area contributed by atoms with E-state index in [0.29, 0.717) is 25.1 Å². The first-order valence-electron chi connectivity index (χ1n) is 12.5. The van der Waals surface area contributed by atoms with Gasteiger partial charge < -0.3 is 20.9 Å². The first kappa shape index (κ1) is 28.0. The summed E-state index contributed by atoms with van der Waals surface area (Å²) in [7, 11) is 0. The van der Waals surface area contributed by atoms with Crippen molar-refractivity contribution in [2.24, 2.45) is 28.6 Å². The minimum Gasteiger partial charge on any atom is -0.356 e. The number of halogens is 1. The SMILES string of the molecule is CC(C)=C(Cl)C(=O)N[C@H](C(=O)N1C[C@H]2[C@@H]([C@H]1C(=O)N[C@H](C#N)C[C@@H]1CCNC1=O)C2(C)C)C(C)(C)C. The van der Waals surface area contributed by atoms with Crippen LogP contribution >= 0.6 is 11.6 Å². The van der Waals surface area contributed by atoms with Crippen LogP contribution in [0.15, 0.2) is 10.6 Å². The van der Waals surface area contributed by atoms with Gasteiger partial charge >= 0.3 is 0 Å². The first-order valence-corrected chi connectivity index (χ1v) is 12.9. The van der Waals surface area contributed by atoms with Gasteiger partial charge in [0.05, 0.1) is 6.07 Å². The molecule has 3 N–H and O–H groups in total. The number of allylic oxidation sites excluding steroid dienone is 1. The zero-order valence-electron chi connectivity index (χ0n) is 22.2. The molecule has 0 radical (unpaired) electrons. The quantitative estimate of drug-likeness (QED) is 0.443. The smallest absolute Gasteiger partial charge is 0.263 e. The number of hydrogen-bond donors (Lipinski definition) is 3. The third-order valence-corrected chi connectivity index (χ3v) is 8.49. The molecule has 198 valence electrons. The summed E-state index contributed by atoms with van der Waals surface area (Å²) in [5.41, 5.74) is -0.118. The standard InChI is InChI=1S/C26H38ClN5O4/c1-13(2)18(27)22(34)31-20(25(3,4)5)24(36)32-12-16-17(26(16,6)7)19(32)23(35)30-15(11-28)10-14-8-9-29-21(14)33/h14-17,19-20H,8-10,12H2,1-7H3,(H,29,33)(H,30,35)(H,31,34)/t14-,15-,16-,17-,19-,20+/m0/s1. The minimum absolute atomic E-state index is 0.0320. The first-order chi connectivity index (χ1) is 16.6. The maximum Gasteiger partial charge on any atom is 0.263 e. The lowest BCUT2D eigenvalue weighted by molar-refractivity contribution is -0.145. The molecule has 1 saturated carbocycles. The number of amides is 4. The van der Waals surface area contributed by atoms with Crippen LogP contribution in [0.2, 0.25) is 0 Å². The molecule has 3 rings (SSSR count). The van der Waals surface area contributed by atoms with Crippen LogP contribution in [0.4, 0.5) is 0 Å². The molecule has 0 spiro atoms. The van der Waals surface area contributed by atoms with E-state index in [2.05, 4.69) is 35.9 Å². The Morgan fingerprint density at radius 2 is 1.89 bits per heavy atom. The summed E-state index contributed by atoms with van der Waals surface area (Å²) in [5, 5.41) is 18.0. The van der Waals surface area contributed by atoms with Crippen molar-refractivity contribution >= 4 is 35.2 Å². The molecule has 10 heteroatoms. The Kier molecular flexibility index (Phi) is 7.81. The molecular formula is C26H38ClN5O4.